The first kappa shape index (κ1) is 12.7. The van der Waals surface area contributed by atoms with Crippen LogP contribution in [0.4, 0.5) is 0 Å². The maximum absolute atomic E-state index is 11.4. The highest BCUT2D eigenvalue weighted by atomic mass is 32.2. The van der Waals surface area contributed by atoms with E-state index in [-0.39, 0.29) is 5.75 Å². The minimum atomic E-state index is -3.32. The van der Waals surface area contributed by atoms with Crippen molar-refractivity contribution in [3.05, 3.63) is 11.5 Å². The average molecular weight is 248 g/mol. The lowest BCUT2D eigenvalue weighted by molar-refractivity contribution is -0.160. The van der Waals surface area contributed by atoms with Gasteiger partial charge >= 0.3 is 11.9 Å². The van der Waals surface area contributed by atoms with Gasteiger partial charge in [-0.2, -0.15) is 0 Å². The summed E-state index contributed by atoms with van der Waals surface area (Å²) in [6.07, 6.45) is 1.31. The summed E-state index contributed by atoms with van der Waals surface area (Å²) in [7, 11) is -1.06. The van der Waals surface area contributed by atoms with E-state index in [2.05, 4.69) is 9.47 Å². The lowest BCUT2D eigenvalue weighted by atomic mass is 9.94. The second-order valence-corrected chi connectivity index (χ2v) is 5.28. The van der Waals surface area contributed by atoms with Crippen LogP contribution < -0.4 is 0 Å². The molecule has 90 valence electrons. The van der Waals surface area contributed by atoms with Crippen molar-refractivity contribution >= 4 is 21.8 Å². The van der Waals surface area contributed by atoms with Gasteiger partial charge in [-0.1, -0.05) is 6.08 Å². The third kappa shape index (κ3) is 2.60. The monoisotopic (exact) mass is 248 g/mol. The molecular formula is C9H12O6S. The van der Waals surface area contributed by atoms with E-state index >= 15 is 0 Å². The van der Waals surface area contributed by atoms with E-state index in [1.165, 1.54) is 6.08 Å². The molecule has 6 nitrogen and oxygen atoms in total. The number of sulfone groups is 1. The van der Waals surface area contributed by atoms with E-state index < -0.39 is 33.6 Å². The van der Waals surface area contributed by atoms with Crippen LogP contribution in [0.5, 0.6) is 0 Å². The fourth-order valence-corrected chi connectivity index (χ4v) is 2.90. The Hall–Kier alpha value is -1.37. The summed E-state index contributed by atoms with van der Waals surface area (Å²) in [6, 6.07) is 0. The first-order valence-electron chi connectivity index (χ1n) is 4.48. The highest BCUT2D eigenvalue weighted by molar-refractivity contribution is 7.94. The Bertz CT molecular complexity index is 405. The summed E-state index contributed by atoms with van der Waals surface area (Å²) in [6.45, 7) is 0. The molecule has 1 aliphatic heterocycles. The number of allylic oxidation sites excluding steroid dienone is 1. The maximum Gasteiger partial charge on any atom is 0.320 e. The van der Waals surface area contributed by atoms with Gasteiger partial charge in [0.2, 0.25) is 0 Å². The SMILES string of the molecule is COC(=O)C(C(=O)OC)C1C=CS(=O)(=O)C1. The topological polar surface area (TPSA) is 86.7 Å². The summed E-state index contributed by atoms with van der Waals surface area (Å²) < 4.78 is 31.2. The van der Waals surface area contributed by atoms with Crippen molar-refractivity contribution in [2.45, 2.75) is 0 Å². The lowest BCUT2D eigenvalue weighted by Gasteiger charge is -2.16. The van der Waals surface area contributed by atoms with Crippen LogP contribution in [-0.2, 0) is 28.9 Å². The number of carbonyl (C=O) groups excluding carboxylic acids is 2. The molecule has 0 aromatic heterocycles. The number of carbonyl (C=O) groups is 2. The second kappa shape index (κ2) is 4.65. The number of hydrogen-bond donors (Lipinski definition) is 0. The molecule has 0 saturated heterocycles. The van der Waals surface area contributed by atoms with E-state index in [1.54, 1.807) is 0 Å². The molecule has 0 fully saturated rings. The smallest absolute Gasteiger partial charge is 0.320 e. The van der Waals surface area contributed by atoms with Crippen molar-refractivity contribution in [2.75, 3.05) is 20.0 Å². The third-order valence-corrected chi connectivity index (χ3v) is 3.72. The average Bonchev–Trinajstić information content (AvgIpc) is 2.58. The van der Waals surface area contributed by atoms with Crippen molar-refractivity contribution in [3.8, 4) is 0 Å². The molecule has 0 N–H and O–H groups in total. The van der Waals surface area contributed by atoms with Crippen molar-refractivity contribution in [1.29, 1.82) is 0 Å². The Morgan fingerprint density at radius 2 is 1.75 bits per heavy atom. The standard InChI is InChI=1S/C9H12O6S/c1-14-8(10)7(9(11)15-2)6-3-4-16(12,13)5-6/h3-4,6-7H,5H2,1-2H3. The van der Waals surface area contributed by atoms with Crippen LogP contribution in [0, 0.1) is 11.8 Å². The van der Waals surface area contributed by atoms with Crippen molar-refractivity contribution in [3.63, 3.8) is 0 Å². The van der Waals surface area contributed by atoms with Crippen LogP contribution in [0.15, 0.2) is 11.5 Å². The van der Waals surface area contributed by atoms with Gasteiger partial charge in [0.25, 0.3) is 0 Å². The minimum Gasteiger partial charge on any atom is -0.468 e. The Labute approximate surface area is 93.1 Å². The van der Waals surface area contributed by atoms with E-state index in [9.17, 15) is 18.0 Å². The molecule has 0 radical (unpaired) electrons. The van der Waals surface area contributed by atoms with Gasteiger partial charge < -0.3 is 9.47 Å². The lowest BCUT2D eigenvalue weighted by Crippen LogP contribution is -2.34. The molecule has 0 aromatic carbocycles. The molecular weight excluding hydrogens is 236 g/mol. The molecule has 0 bridgehead atoms. The molecule has 7 heteroatoms. The number of rotatable bonds is 3. The van der Waals surface area contributed by atoms with E-state index in [1.807, 2.05) is 0 Å². The zero-order valence-corrected chi connectivity index (χ0v) is 9.69. The zero-order chi connectivity index (χ0) is 12.3. The summed E-state index contributed by atoms with van der Waals surface area (Å²) in [4.78, 5) is 22.7. The normalized spacial score (nSPS) is 22.1. The third-order valence-electron chi connectivity index (χ3n) is 2.30. The molecule has 1 heterocycles. The van der Waals surface area contributed by atoms with Crippen molar-refractivity contribution < 1.29 is 27.5 Å². The van der Waals surface area contributed by atoms with Gasteiger partial charge in [0, 0.05) is 11.3 Å². The quantitative estimate of drug-likeness (QED) is 0.494. The molecule has 16 heavy (non-hydrogen) atoms. The molecule has 0 aliphatic carbocycles. The number of esters is 2. The molecule has 0 spiro atoms. The molecule has 1 aliphatic rings. The minimum absolute atomic E-state index is 0.276. The van der Waals surface area contributed by atoms with Crippen LogP contribution >= 0.6 is 0 Å². The van der Waals surface area contributed by atoms with Gasteiger partial charge in [-0.15, -0.1) is 0 Å². The van der Waals surface area contributed by atoms with Gasteiger partial charge in [0.1, 0.15) is 0 Å². The fourth-order valence-electron chi connectivity index (χ4n) is 1.51. The molecule has 1 atom stereocenters. The Morgan fingerprint density at radius 1 is 1.25 bits per heavy atom. The van der Waals surface area contributed by atoms with Gasteiger partial charge in [0.15, 0.2) is 15.8 Å². The molecule has 0 aromatic rings. The van der Waals surface area contributed by atoms with Crippen LogP contribution in [0.3, 0.4) is 0 Å². The number of methoxy groups -OCH3 is 2. The predicted octanol–water partition coefficient (Wildman–Crippen LogP) is -0.493. The van der Waals surface area contributed by atoms with Crippen molar-refractivity contribution in [1.82, 2.24) is 0 Å². The summed E-state index contributed by atoms with van der Waals surface area (Å²) in [5.41, 5.74) is 0. The van der Waals surface area contributed by atoms with E-state index in [4.69, 9.17) is 0 Å². The summed E-state index contributed by atoms with van der Waals surface area (Å²) in [5.74, 6) is -3.80. The highest BCUT2D eigenvalue weighted by Gasteiger charge is 2.40. The van der Waals surface area contributed by atoms with Crippen LogP contribution in [0.1, 0.15) is 0 Å². The first-order valence-corrected chi connectivity index (χ1v) is 6.19. The van der Waals surface area contributed by atoms with Gasteiger partial charge in [-0.3, -0.25) is 9.59 Å². The van der Waals surface area contributed by atoms with Crippen LogP contribution in [-0.4, -0.2) is 40.3 Å². The highest BCUT2D eigenvalue weighted by Crippen LogP contribution is 2.25. The molecule has 0 saturated carbocycles. The Morgan fingerprint density at radius 3 is 2.06 bits per heavy atom. The summed E-state index contributed by atoms with van der Waals surface area (Å²) in [5, 5.41) is 0.997. The van der Waals surface area contributed by atoms with E-state index in [0.29, 0.717) is 0 Å². The van der Waals surface area contributed by atoms with Gasteiger partial charge in [0.05, 0.1) is 20.0 Å². The molecule has 1 unspecified atom stereocenters. The van der Waals surface area contributed by atoms with Crippen LogP contribution in [0.2, 0.25) is 0 Å². The van der Waals surface area contributed by atoms with Crippen LogP contribution in [0.25, 0.3) is 0 Å². The Kier molecular flexibility index (Phi) is 3.69. The zero-order valence-electron chi connectivity index (χ0n) is 8.87. The molecule has 0 amide bonds. The fraction of sp³-hybridized carbons (Fsp3) is 0.556. The predicted molar refractivity (Wildman–Crippen MR) is 53.9 cm³/mol. The number of ether oxygens (including phenoxy) is 2. The first-order chi connectivity index (χ1) is 7.41. The summed E-state index contributed by atoms with van der Waals surface area (Å²) >= 11 is 0. The number of hydrogen-bond acceptors (Lipinski definition) is 6. The largest absolute Gasteiger partial charge is 0.468 e. The van der Waals surface area contributed by atoms with E-state index in [0.717, 1.165) is 19.6 Å². The van der Waals surface area contributed by atoms with Crippen molar-refractivity contribution in [2.24, 2.45) is 11.8 Å². The Balaban J connectivity index is 2.92. The van der Waals surface area contributed by atoms with Gasteiger partial charge in [-0.25, -0.2) is 8.42 Å². The van der Waals surface area contributed by atoms with Gasteiger partial charge in [-0.05, 0) is 0 Å². The molecule has 1 rings (SSSR count). The second-order valence-electron chi connectivity index (χ2n) is 3.35. The maximum atomic E-state index is 11.4.